The van der Waals surface area contributed by atoms with E-state index in [0.29, 0.717) is 24.6 Å². The smallest absolute Gasteiger partial charge is 0.325 e. The van der Waals surface area contributed by atoms with Crippen LogP contribution in [0.25, 0.3) is 0 Å². The molecule has 0 aromatic heterocycles. The van der Waals surface area contributed by atoms with E-state index in [1.54, 1.807) is 24.0 Å². The summed E-state index contributed by atoms with van der Waals surface area (Å²) in [5, 5.41) is 2.73. The Bertz CT molecular complexity index is 837. The van der Waals surface area contributed by atoms with Crippen LogP contribution in [0.1, 0.15) is 26.3 Å². The van der Waals surface area contributed by atoms with E-state index in [9.17, 15) is 14.4 Å². The molecule has 4 amide bonds. The molecule has 8 heteroatoms. The van der Waals surface area contributed by atoms with Crippen molar-refractivity contribution < 1.29 is 23.9 Å². The lowest BCUT2D eigenvalue weighted by molar-refractivity contribution is -0.138. The predicted octanol–water partition coefficient (Wildman–Crippen LogP) is 1.69. The number of amides is 4. The van der Waals surface area contributed by atoms with Gasteiger partial charge in [-0.1, -0.05) is 18.2 Å². The Hall–Kier alpha value is -3.03. The van der Waals surface area contributed by atoms with E-state index in [2.05, 4.69) is 11.9 Å². The first kappa shape index (κ1) is 19.7. The molecule has 0 saturated carbocycles. The predicted molar refractivity (Wildman–Crippen MR) is 102 cm³/mol. The highest BCUT2D eigenvalue weighted by molar-refractivity contribution is 6.09. The second-order valence-corrected chi connectivity index (χ2v) is 7.38. The summed E-state index contributed by atoms with van der Waals surface area (Å²) in [6, 6.07) is 4.85. The number of nitrogens with one attached hydrogen (secondary N) is 1. The molecule has 2 aliphatic rings. The van der Waals surface area contributed by atoms with Crippen LogP contribution in [-0.4, -0.2) is 59.6 Å². The zero-order chi connectivity index (χ0) is 20.5. The average Bonchev–Trinajstić information content (AvgIpc) is 3.17. The van der Waals surface area contributed by atoms with Gasteiger partial charge in [0.1, 0.15) is 12.1 Å². The number of fused-ring (bicyclic) bond motifs is 1. The maximum Gasteiger partial charge on any atom is 0.325 e. The SMILES string of the molecule is C=C(C)CN(CC)C(=O)CN1C(=O)N[C@@](C)(Cc2ccc3c(c2)OCO3)C1=O. The van der Waals surface area contributed by atoms with Crippen molar-refractivity contribution in [2.24, 2.45) is 0 Å². The van der Waals surface area contributed by atoms with Gasteiger partial charge in [-0.25, -0.2) is 4.79 Å². The first-order chi connectivity index (χ1) is 13.2. The normalized spacial score (nSPS) is 20.3. The van der Waals surface area contributed by atoms with Crippen molar-refractivity contribution in [1.29, 1.82) is 0 Å². The van der Waals surface area contributed by atoms with Crippen LogP contribution in [0.15, 0.2) is 30.4 Å². The third kappa shape index (κ3) is 3.81. The first-order valence-corrected chi connectivity index (χ1v) is 9.18. The number of hydrogen-bond acceptors (Lipinski definition) is 5. The van der Waals surface area contributed by atoms with Crippen LogP contribution in [0.2, 0.25) is 0 Å². The lowest BCUT2D eigenvalue weighted by atomic mass is 9.92. The standard InChI is InChI=1S/C20H25N3O5/c1-5-22(10-13(2)3)17(24)11-23-18(25)20(4,21-19(23)26)9-14-6-7-15-16(8-14)28-12-27-15/h6-8H,2,5,9-12H2,1,3-4H3,(H,21,26)/t20-/m0/s1. The van der Waals surface area contributed by atoms with Gasteiger partial charge in [0.05, 0.1) is 0 Å². The Morgan fingerprint density at radius 3 is 2.71 bits per heavy atom. The molecule has 3 rings (SSSR count). The zero-order valence-corrected chi connectivity index (χ0v) is 16.4. The fourth-order valence-electron chi connectivity index (χ4n) is 3.41. The lowest BCUT2D eigenvalue weighted by Crippen LogP contribution is -2.47. The Balaban J connectivity index is 1.71. The van der Waals surface area contributed by atoms with E-state index in [1.807, 2.05) is 19.9 Å². The number of carbonyl (C=O) groups excluding carboxylic acids is 3. The molecule has 1 aromatic carbocycles. The highest BCUT2D eigenvalue weighted by Gasteiger charge is 2.48. The van der Waals surface area contributed by atoms with E-state index in [1.165, 1.54) is 0 Å². The molecule has 0 spiro atoms. The number of urea groups is 1. The number of rotatable bonds is 7. The highest BCUT2D eigenvalue weighted by Crippen LogP contribution is 2.34. The minimum Gasteiger partial charge on any atom is -0.454 e. The fraction of sp³-hybridized carbons (Fsp3) is 0.450. The second kappa shape index (κ2) is 7.53. The van der Waals surface area contributed by atoms with E-state index >= 15 is 0 Å². The van der Waals surface area contributed by atoms with Crippen molar-refractivity contribution in [3.8, 4) is 11.5 Å². The van der Waals surface area contributed by atoms with Gasteiger partial charge in [-0.05, 0) is 38.5 Å². The number of hydrogen-bond donors (Lipinski definition) is 1. The van der Waals surface area contributed by atoms with Gasteiger partial charge in [0.25, 0.3) is 5.91 Å². The van der Waals surface area contributed by atoms with Crippen molar-refractivity contribution in [3.63, 3.8) is 0 Å². The second-order valence-electron chi connectivity index (χ2n) is 7.38. The Morgan fingerprint density at radius 1 is 1.32 bits per heavy atom. The minimum atomic E-state index is -1.13. The van der Waals surface area contributed by atoms with Gasteiger partial charge in [-0.3, -0.25) is 14.5 Å². The summed E-state index contributed by atoms with van der Waals surface area (Å²) in [5.74, 6) is 0.555. The molecule has 0 unspecified atom stereocenters. The lowest BCUT2D eigenvalue weighted by Gasteiger charge is -2.24. The molecule has 1 atom stereocenters. The number of benzene rings is 1. The number of imide groups is 1. The summed E-state index contributed by atoms with van der Waals surface area (Å²) in [7, 11) is 0. The molecule has 2 heterocycles. The van der Waals surface area contributed by atoms with Gasteiger partial charge in [-0.2, -0.15) is 0 Å². The largest absolute Gasteiger partial charge is 0.454 e. The van der Waals surface area contributed by atoms with Crippen LogP contribution in [0, 0.1) is 0 Å². The van der Waals surface area contributed by atoms with Crippen molar-refractivity contribution in [2.45, 2.75) is 32.7 Å². The van der Waals surface area contributed by atoms with E-state index in [-0.39, 0.29) is 25.7 Å². The van der Waals surface area contributed by atoms with Crippen LogP contribution < -0.4 is 14.8 Å². The molecule has 2 aliphatic heterocycles. The van der Waals surface area contributed by atoms with Gasteiger partial charge in [-0.15, -0.1) is 0 Å². The van der Waals surface area contributed by atoms with Gasteiger partial charge in [0.2, 0.25) is 12.7 Å². The first-order valence-electron chi connectivity index (χ1n) is 9.18. The van der Waals surface area contributed by atoms with Crippen molar-refractivity contribution >= 4 is 17.8 Å². The summed E-state index contributed by atoms with van der Waals surface area (Å²) in [4.78, 5) is 40.4. The van der Waals surface area contributed by atoms with Gasteiger partial charge in [0.15, 0.2) is 11.5 Å². The molecule has 28 heavy (non-hydrogen) atoms. The average molecular weight is 387 g/mol. The van der Waals surface area contributed by atoms with Crippen LogP contribution in [0.5, 0.6) is 11.5 Å². The molecule has 1 fully saturated rings. The number of ether oxygens (including phenoxy) is 2. The van der Waals surface area contributed by atoms with Crippen molar-refractivity contribution in [3.05, 3.63) is 35.9 Å². The summed E-state index contributed by atoms with van der Waals surface area (Å²) >= 11 is 0. The molecule has 1 aromatic rings. The molecule has 0 radical (unpaired) electrons. The van der Waals surface area contributed by atoms with Gasteiger partial charge >= 0.3 is 6.03 Å². The number of likely N-dealkylation sites (N-methyl/N-ethyl adjacent to an activating group) is 1. The minimum absolute atomic E-state index is 0.166. The third-order valence-corrected chi connectivity index (χ3v) is 4.83. The van der Waals surface area contributed by atoms with Gasteiger partial charge in [0, 0.05) is 19.5 Å². The molecule has 8 nitrogen and oxygen atoms in total. The quantitative estimate of drug-likeness (QED) is 0.568. The molecule has 0 bridgehead atoms. The Kier molecular flexibility index (Phi) is 5.31. The molecular formula is C20H25N3O5. The van der Waals surface area contributed by atoms with Crippen LogP contribution in [-0.2, 0) is 16.0 Å². The Labute approximate surface area is 164 Å². The molecular weight excluding hydrogens is 362 g/mol. The maximum absolute atomic E-state index is 12.9. The van der Waals surface area contributed by atoms with E-state index < -0.39 is 17.5 Å². The van der Waals surface area contributed by atoms with E-state index in [0.717, 1.165) is 16.0 Å². The topological polar surface area (TPSA) is 88.2 Å². The fourth-order valence-corrected chi connectivity index (χ4v) is 3.41. The summed E-state index contributed by atoms with van der Waals surface area (Å²) in [6.07, 6.45) is 0.280. The summed E-state index contributed by atoms with van der Waals surface area (Å²) < 4.78 is 10.7. The molecule has 1 saturated heterocycles. The monoisotopic (exact) mass is 387 g/mol. The highest BCUT2D eigenvalue weighted by atomic mass is 16.7. The van der Waals surface area contributed by atoms with Crippen molar-refractivity contribution in [1.82, 2.24) is 15.1 Å². The number of nitrogens with zero attached hydrogens (tertiary/aromatic N) is 2. The maximum atomic E-state index is 12.9. The molecule has 0 aliphatic carbocycles. The van der Waals surface area contributed by atoms with E-state index in [4.69, 9.17) is 9.47 Å². The van der Waals surface area contributed by atoms with Gasteiger partial charge < -0.3 is 19.7 Å². The van der Waals surface area contributed by atoms with Crippen LogP contribution in [0.3, 0.4) is 0 Å². The molecule has 150 valence electrons. The van der Waals surface area contributed by atoms with Crippen molar-refractivity contribution in [2.75, 3.05) is 26.4 Å². The Morgan fingerprint density at radius 2 is 2.04 bits per heavy atom. The zero-order valence-electron chi connectivity index (χ0n) is 16.4. The number of carbonyl (C=O) groups is 3. The third-order valence-electron chi connectivity index (χ3n) is 4.83. The molecule has 1 N–H and O–H groups in total. The van der Waals surface area contributed by atoms with Crippen LogP contribution >= 0.6 is 0 Å². The summed E-state index contributed by atoms with van der Waals surface area (Å²) in [5.41, 5.74) is 0.530. The summed E-state index contributed by atoms with van der Waals surface area (Å²) in [6.45, 7) is 9.89. The van der Waals surface area contributed by atoms with Crippen LogP contribution in [0.4, 0.5) is 4.79 Å².